The Hall–Kier alpha value is -2.20. The number of piperazine rings is 1. The normalized spacial score (nSPS) is 19.3. The Morgan fingerprint density at radius 1 is 0.962 bits per heavy atom. The first-order valence-electron chi connectivity index (χ1n) is 8.88. The SMILES string of the molecule is Cc1nc(N2CCCC2)cc(N2CCN(S(=O)(=O)c3cnc[nH]3)CC2)n1. The van der Waals surface area contributed by atoms with Crippen LogP contribution in [0.1, 0.15) is 18.7 Å². The van der Waals surface area contributed by atoms with Gasteiger partial charge in [0.15, 0.2) is 5.03 Å². The molecule has 0 radical (unpaired) electrons. The largest absolute Gasteiger partial charge is 0.356 e. The molecule has 0 atom stereocenters. The molecule has 140 valence electrons. The summed E-state index contributed by atoms with van der Waals surface area (Å²) in [5.41, 5.74) is 0. The van der Waals surface area contributed by atoms with Crippen LogP contribution in [0.3, 0.4) is 0 Å². The number of hydrogen-bond donors (Lipinski definition) is 1. The summed E-state index contributed by atoms with van der Waals surface area (Å²) < 4.78 is 26.6. The van der Waals surface area contributed by atoms with E-state index in [0.29, 0.717) is 26.2 Å². The van der Waals surface area contributed by atoms with E-state index in [4.69, 9.17) is 0 Å². The molecular weight excluding hydrogens is 354 g/mol. The Balaban J connectivity index is 1.48. The summed E-state index contributed by atoms with van der Waals surface area (Å²) in [6, 6.07) is 2.03. The van der Waals surface area contributed by atoms with Crippen molar-refractivity contribution in [2.75, 3.05) is 49.1 Å². The third-order valence-electron chi connectivity index (χ3n) is 4.89. The number of H-pyrrole nitrogens is 1. The van der Waals surface area contributed by atoms with Gasteiger partial charge in [-0.25, -0.2) is 23.4 Å². The summed E-state index contributed by atoms with van der Waals surface area (Å²) in [6.07, 6.45) is 5.12. The van der Waals surface area contributed by atoms with Crippen molar-refractivity contribution < 1.29 is 8.42 Å². The molecule has 10 heteroatoms. The summed E-state index contributed by atoms with van der Waals surface area (Å²) >= 11 is 0. The van der Waals surface area contributed by atoms with Crippen LogP contribution in [0.15, 0.2) is 23.6 Å². The van der Waals surface area contributed by atoms with Gasteiger partial charge in [-0.15, -0.1) is 0 Å². The molecular formula is C16H23N7O2S. The smallest absolute Gasteiger partial charge is 0.260 e. The van der Waals surface area contributed by atoms with Crippen molar-refractivity contribution in [3.8, 4) is 0 Å². The van der Waals surface area contributed by atoms with E-state index in [0.717, 1.165) is 30.5 Å². The molecule has 0 bridgehead atoms. The average Bonchev–Trinajstić information content (AvgIpc) is 3.35. The molecule has 2 aromatic rings. The molecule has 0 amide bonds. The van der Waals surface area contributed by atoms with E-state index >= 15 is 0 Å². The first-order chi connectivity index (χ1) is 12.5. The maximum absolute atomic E-state index is 12.6. The van der Waals surface area contributed by atoms with Crippen molar-refractivity contribution in [2.45, 2.75) is 24.8 Å². The maximum Gasteiger partial charge on any atom is 0.260 e. The van der Waals surface area contributed by atoms with Crippen molar-refractivity contribution >= 4 is 21.7 Å². The summed E-state index contributed by atoms with van der Waals surface area (Å²) in [5.74, 6) is 2.59. The van der Waals surface area contributed by atoms with Gasteiger partial charge in [0.2, 0.25) is 0 Å². The lowest BCUT2D eigenvalue weighted by molar-refractivity contribution is 0.382. The van der Waals surface area contributed by atoms with E-state index < -0.39 is 10.0 Å². The highest BCUT2D eigenvalue weighted by molar-refractivity contribution is 7.89. The Morgan fingerprint density at radius 2 is 1.58 bits per heavy atom. The molecule has 4 heterocycles. The number of aryl methyl sites for hydroxylation is 1. The lowest BCUT2D eigenvalue weighted by Gasteiger charge is -2.34. The van der Waals surface area contributed by atoms with Crippen LogP contribution < -0.4 is 9.80 Å². The molecule has 2 aromatic heterocycles. The minimum absolute atomic E-state index is 0.139. The highest BCUT2D eigenvalue weighted by Gasteiger charge is 2.30. The van der Waals surface area contributed by atoms with Crippen LogP contribution in [0.5, 0.6) is 0 Å². The van der Waals surface area contributed by atoms with E-state index in [1.807, 2.05) is 13.0 Å². The molecule has 2 aliphatic rings. The van der Waals surface area contributed by atoms with Gasteiger partial charge in [-0.2, -0.15) is 4.31 Å². The Labute approximate surface area is 153 Å². The molecule has 1 N–H and O–H groups in total. The van der Waals surface area contributed by atoms with Crippen molar-refractivity contribution in [2.24, 2.45) is 0 Å². The number of aromatic nitrogens is 4. The molecule has 0 aliphatic carbocycles. The first kappa shape index (κ1) is 17.2. The van der Waals surface area contributed by atoms with Crippen LogP contribution in [0, 0.1) is 6.92 Å². The van der Waals surface area contributed by atoms with E-state index in [9.17, 15) is 8.42 Å². The zero-order valence-electron chi connectivity index (χ0n) is 14.8. The second-order valence-corrected chi connectivity index (χ2v) is 8.54. The molecule has 0 spiro atoms. The van der Waals surface area contributed by atoms with E-state index in [1.165, 1.54) is 29.7 Å². The molecule has 0 saturated carbocycles. The summed E-state index contributed by atoms with van der Waals surface area (Å²) in [5, 5.41) is 0.139. The zero-order chi connectivity index (χ0) is 18.1. The highest BCUT2D eigenvalue weighted by atomic mass is 32.2. The van der Waals surface area contributed by atoms with Crippen molar-refractivity contribution in [3.63, 3.8) is 0 Å². The number of nitrogens with zero attached hydrogens (tertiary/aromatic N) is 6. The third-order valence-corrected chi connectivity index (χ3v) is 6.72. The minimum Gasteiger partial charge on any atom is -0.356 e. The zero-order valence-corrected chi connectivity index (χ0v) is 15.6. The summed E-state index contributed by atoms with van der Waals surface area (Å²) in [4.78, 5) is 20.1. The number of imidazole rings is 1. The van der Waals surface area contributed by atoms with Gasteiger partial charge in [-0.1, -0.05) is 0 Å². The fourth-order valence-corrected chi connectivity index (χ4v) is 4.81. The van der Waals surface area contributed by atoms with Gasteiger partial charge in [0, 0.05) is 45.3 Å². The van der Waals surface area contributed by atoms with Gasteiger partial charge in [0.05, 0.1) is 12.5 Å². The van der Waals surface area contributed by atoms with Crippen LogP contribution in [0.25, 0.3) is 0 Å². The number of aromatic amines is 1. The van der Waals surface area contributed by atoms with Gasteiger partial charge in [0.25, 0.3) is 10.0 Å². The van der Waals surface area contributed by atoms with Crippen molar-refractivity contribution in [1.82, 2.24) is 24.2 Å². The Bertz CT molecular complexity index is 855. The number of anilines is 2. The predicted octanol–water partition coefficient (Wildman–Crippen LogP) is 0.619. The average molecular weight is 377 g/mol. The third kappa shape index (κ3) is 3.26. The van der Waals surface area contributed by atoms with E-state index in [-0.39, 0.29) is 5.03 Å². The van der Waals surface area contributed by atoms with Gasteiger partial charge in [0.1, 0.15) is 17.5 Å². The highest BCUT2D eigenvalue weighted by Crippen LogP contribution is 2.24. The molecule has 4 rings (SSSR count). The van der Waals surface area contributed by atoms with E-state index in [2.05, 4.69) is 29.7 Å². The van der Waals surface area contributed by atoms with Crippen LogP contribution in [-0.2, 0) is 10.0 Å². The monoisotopic (exact) mass is 377 g/mol. The molecule has 0 unspecified atom stereocenters. The molecule has 9 nitrogen and oxygen atoms in total. The lowest BCUT2D eigenvalue weighted by atomic mass is 10.3. The molecule has 2 saturated heterocycles. The number of nitrogens with one attached hydrogen (secondary N) is 1. The van der Waals surface area contributed by atoms with Crippen molar-refractivity contribution in [1.29, 1.82) is 0 Å². The van der Waals surface area contributed by atoms with E-state index in [1.54, 1.807) is 0 Å². The van der Waals surface area contributed by atoms with Crippen LogP contribution in [0.4, 0.5) is 11.6 Å². The molecule has 26 heavy (non-hydrogen) atoms. The maximum atomic E-state index is 12.6. The van der Waals surface area contributed by atoms with Crippen LogP contribution in [-0.4, -0.2) is 71.9 Å². The predicted molar refractivity (Wildman–Crippen MR) is 97.8 cm³/mol. The summed E-state index contributed by atoms with van der Waals surface area (Å²) in [6.45, 7) is 6.01. The standard InChI is InChI=1S/C16H23N7O2S/c1-13-19-14(21-4-2-3-5-21)10-15(20-13)22-6-8-23(9-7-22)26(24,25)16-11-17-12-18-16/h10-12H,2-9H2,1H3,(H,17,18). The quantitative estimate of drug-likeness (QED) is 0.834. The number of hydrogen-bond acceptors (Lipinski definition) is 7. The number of rotatable bonds is 4. The van der Waals surface area contributed by atoms with Crippen molar-refractivity contribution in [3.05, 3.63) is 24.4 Å². The fraction of sp³-hybridized carbons (Fsp3) is 0.562. The Kier molecular flexibility index (Phi) is 4.53. The minimum atomic E-state index is -3.51. The van der Waals surface area contributed by atoms with Gasteiger partial charge in [-0.3, -0.25) is 0 Å². The van der Waals surface area contributed by atoms with Gasteiger partial charge < -0.3 is 14.8 Å². The summed E-state index contributed by atoms with van der Waals surface area (Å²) in [7, 11) is -3.51. The number of sulfonamides is 1. The van der Waals surface area contributed by atoms with Crippen LogP contribution in [0.2, 0.25) is 0 Å². The first-order valence-corrected chi connectivity index (χ1v) is 10.3. The molecule has 2 aliphatic heterocycles. The second kappa shape index (κ2) is 6.84. The second-order valence-electron chi connectivity index (χ2n) is 6.63. The van der Waals surface area contributed by atoms with Gasteiger partial charge in [-0.05, 0) is 19.8 Å². The van der Waals surface area contributed by atoms with Gasteiger partial charge >= 0.3 is 0 Å². The lowest BCUT2D eigenvalue weighted by Crippen LogP contribution is -2.49. The van der Waals surface area contributed by atoms with Crippen LogP contribution >= 0.6 is 0 Å². The molecule has 0 aromatic carbocycles. The molecule has 2 fully saturated rings. The topological polar surface area (TPSA) is 98.3 Å². The fourth-order valence-electron chi connectivity index (χ4n) is 3.49. The Morgan fingerprint density at radius 3 is 2.15 bits per heavy atom.